The van der Waals surface area contributed by atoms with Gasteiger partial charge in [0.25, 0.3) is 0 Å². The molecule has 134 valence electrons. The highest BCUT2D eigenvalue weighted by Gasteiger charge is 2.37. The van der Waals surface area contributed by atoms with Crippen molar-refractivity contribution in [2.24, 2.45) is 5.92 Å². The van der Waals surface area contributed by atoms with Crippen LogP contribution >= 0.6 is 0 Å². The number of aryl methyl sites for hydroxylation is 1. The van der Waals surface area contributed by atoms with Gasteiger partial charge in [0.05, 0.1) is 5.92 Å². The minimum atomic E-state index is -0.247. The molecule has 0 bridgehead atoms. The first-order valence-corrected chi connectivity index (χ1v) is 8.96. The maximum atomic E-state index is 12.8. The second-order valence-electron chi connectivity index (χ2n) is 7.09. The zero-order valence-electron chi connectivity index (χ0n) is 15.4. The van der Waals surface area contributed by atoms with Crippen molar-refractivity contribution in [3.63, 3.8) is 0 Å². The van der Waals surface area contributed by atoms with E-state index in [0.717, 1.165) is 28.7 Å². The van der Waals surface area contributed by atoms with Crippen LogP contribution in [0.15, 0.2) is 28.7 Å². The van der Waals surface area contributed by atoms with Crippen molar-refractivity contribution >= 4 is 22.8 Å². The Hall–Kier alpha value is -2.30. The number of hydrogen-bond donors (Lipinski definition) is 0. The Kier molecular flexibility index (Phi) is 4.84. The maximum Gasteiger partial charge on any atom is 0.228 e. The number of furan rings is 1. The van der Waals surface area contributed by atoms with Crippen molar-refractivity contribution in [3.8, 4) is 0 Å². The molecule has 1 atom stereocenters. The van der Waals surface area contributed by atoms with Gasteiger partial charge < -0.3 is 14.2 Å². The summed E-state index contributed by atoms with van der Waals surface area (Å²) >= 11 is 0. The average Bonchev–Trinajstić information content (AvgIpc) is 3.15. The van der Waals surface area contributed by atoms with Crippen LogP contribution in [0, 0.1) is 5.92 Å². The lowest BCUT2D eigenvalue weighted by Crippen LogP contribution is -2.36. The summed E-state index contributed by atoms with van der Waals surface area (Å²) in [5, 5.41) is 1.06. The molecule has 1 aromatic heterocycles. The van der Waals surface area contributed by atoms with E-state index in [4.69, 9.17) is 4.42 Å². The van der Waals surface area contributed by atoms with E-state index in [1.54, 1.807) is 9.80 Å². The highest BCUT2D eigenvalue weighted by Crippen LogP contribution is 2.28. The number of likely N-dealkylation sites (tertiary alicyclic amines) is 1. The van der Waals surface area contributed by atoms with Crippen molar-refractivity contribution in [1.82, 2.24) is 9.80 Å². The third kappa shape index (κ3) is 3.28. The molecule has 3 rings (SSSR count). The van der Waals surface area contributed by atoms with Crippen molar-refractivity contribution in [3.05, 3.63) is 35.6 Å². The summed E-state index contributed by atoms with van der Waals surface area (Å²) in [6, 6.07) is 8.06. The van der Waals surface area contributed by atoms with Gasteiger partial charge in [-0.3, -0.25) is 9.59 Å². The summed E-state index contributed by atoms with van der Waals surface area (Å²) in [7, 11) is 1.81. The minimum Gasteiger partial charge on any atom is -0.461 e. The van der Waals surface area contributed by atoms with Crippen LogP contribution in [0.2, 0.25) is 0 Å². The van der Waals surface area contributed by atoms with Crippen molar-refractivity contribution in [2.75, 3.05) is 13.6 Å². The number of carbonyl (C=O) groups excluding carboxylic acids is 2. The summed E-state index contributed by atoms with van der Waals surface area (Å²) in [6.45, 7) is 7.05. The van der Waals surface area contributed by atoms with Gasteiger partial charge in [0.1, 0.15) is 11.3 Å². The lowest BCUT2D eigenvalue weighted by molar-refractivity contribution is -0.135. The standard InChI is InChI=1S/C20H26N2O3/c1-5-17-16(15-8-6-7-9-18(15)25-17)12-21(4)20(24)14-10-19(23)22(11-14)13(2)3/h6-9,13-14H,5,10-12H2,1-4H3. The molecular weight excluding hydrogens is 316 g/mol. The number of nitrogens with zero attached hydrogens (tertiary/aromatic N) is 2. The van der Waals surface area contributed by atoms with Crippen molar-refractivity contribution in [2.45, 2.75) is 46.2 Å². The van der Waals surface area contributed by atoms with E-state index >= 15 is 0 Å². The van der Waals surface area contributed by atoms with Gasteiger partial charge in [0, 0.05) is 50.0 Å². The van der Waals surface area contributed by atoms with Crippen LogP contribution in [-0.4, -0.2) is 41.2 Å². The summed E-state index contributed by atoms with van der Waals surface area (Å²) in [6.07, 6.45) is 1.10. The van der Waals surface area contributed by atoms with Gasteiger partial charge in [0.2, 0.25) is 11.8 Å². The van der Waals surface area contributed by atoms with Crippen LogP contribution < -0.4 is 0 Å². The quantitative estimate of drug-likeness (QED) is 0.838. The van der Waals surface area contributed by atoms with E-state index in [1.807, 2.05) is 45.2 Å². The highest BCUT2D eigenvalue weighted by atomic mass is 16.3. The van der Waals surface area contributed by atoms with Crippen LogP contribution in [-0.2, 0) is 22.6 Å². The first kappa shape index (κ1) is 17.5. The Morgan fingerprint density at radius 2 is 2.08 bits per heavy atom. The van der Waals surface area contributed by atoms with Gasteiger partial charge >= 0.3 is 0 Å². The Labute approximate surface area is 148 Å². The second-order valence-corrected chi connectivity index (χ2v) is 7.09. The summed E-state index contributed by atoms with van der Waals surface area (Å²) < 4.78 is 5.92. The van der Waals surface area contributed by atoms with E-state index < -0.39 is 0 Å². The van der Waals surface area contributed by atoms with Gasteiger partial charge in [-0.15, -0.1) is 0 Å². The smallest absolute Gasteiger partial charge is 0.228 e. The molecule has 0 radical (unpaired) electrons. The molecule has 25 heavy (non-hydrogen) atoms. The van der Waals surface area contributed by atoms with E-state index in [1.165, 1.54) is 0 Å². The van der Waals surface area contributed by atoms with Crippen molar-refractivity contribution < 1.29 is 14.0 Å². The second kappa shape index (κ2) is 6.90. The van der Waals surface area contributed by atoms with Gasteiger partial charge in [-0.25, -0.2) is 0 Å². The summed E-state index contributed by atoms with van der Waals surface area (Å²) in [5.74, 6) is 0.781. The molecule has 0 spiro atoms. The van der Waals surface area contributed by atoms with Gasteiger partial charge in [-0.2, -0.15) is 0 Å². The molecule has 5 heteroatoms. The number of hydrogen-bond acceptors (Lipinski definition) is 3. The Morgan fingerprint density at radius 3 is 2.72 bits per heavy atom. The molecule has 1 aliphatic rings. The molecule has 2 amide bonds. The van der Waals surface area contributed by atoms with Crippen LogP contribution in [0.25, 0.3) is 11.0 Å². The zero-order chi connectivity index (χ0) is 18.1. The van der Waals surface area contributed by atoms with Crippen LogP contribution in [0.3, 0.4) is 0 Å². The summed E-state index contributed by atoms with van der Waals surface area (Å²) in [5.41, 5.74) is 1.93. The molecule has 0 aliphatic carbocycles. The van der Waals surface area contributed by atoms with E-state index in [2.05, 4.69) is 6.92 Å². The first-order valence-electron chi connectivity index (χ1n) is 8.96. The molecule has 2 heterocycles. The van der Waals surface area contributed by atoms with Crippen LogP contribution in [0.5, 0.6) is 0 Å². The molecule has 1 fully saturated rings. The summed E-state index contributed by atoms with van der Waals surface area (Å²) in [4.78, 5) is 28.5. The van der Waals surface area contributed by atoms with Crippen molar-refractivity contribution in [1.29, 1.82) is 0 Å². The number of para-hydroxylation sites is 1. The normalized spacial score (nSPS) is 17.7. The molecule has 1 aliphatic heterocycles. The molecule has 0 N–H and O–H groups in total. The van der Waals surface area contributed by atoms with E-state index in [-0.39, 0.29) is 23.8 Å². The number of rotatable bonds is 5. The molecule has 2 aromatic rings. The lowest BCUT2D eigenvalue weighted by atomic mass is 10.1. The van der Waals surface area contributed by atoms with E-state index in [0.29, 0.717) is 19.5 Å². The maximum absolute atomic E-state index is 12.8. The number of benzene rings is 1. The predicted molar refractivity (Wildman–Crippen MR) is 97.0 cm³/mol. The Morgan fingerprint density at radius 1 is 1.36 bits per heavy atom. The number of carbonyl (C=O) groups is 2. The van der Waals surface area contributed by atoms with Crippen LogP contribution in [0.4, 0.5) is 0 Å². The monoisotopic (exact) mass is 342 g/mol. The number of fused-ring (bicyclic) bond motifs is 1. The molecule has 5 nitrogen and oxygen atoms in total. The van der Waals surface area contributed by atoms with Gasteiger partial charge in [0.15, 0.2) is 0 Å². The van der Waals surface area contributed by atoms with Gasteiger partial charge in [-0.1, -0.05) is 25.1 Å². The predicted octanol–water partition coefficient (Wildman–Crippen LogP) is 3.21. The minimum absolute atomic E-state index is 0.0313. The SMILES string of the molecule is CCc1oc2ccccc2c1CN(C)C(=O)C1CC(=O)N(C(C)C)C1. The fourth-order valence-electron chi connectivity index (χ4n) is 3.63. The largest absolute Gasteiger partial charge is 0.461 e. The fraction of sp³-hybridized carbons (Fsp3) is 0.500. The Balaban J connectivity index is 1.78. The fourth-order valence-corrected chi connectivity index (χ4v) is 3.63. The lowest BCUT2D eigenvalue weighted by Gasteiger charge is -2.23. The number of amides is 2. The van der Waals surface area contributed by atoms with Gasteiger partial charge in [-0.05, 0) is 19.9 Å². The molecule has 1 saturated heterocycles. The van der Waals surface area contributed by atoms with E-state index in [9.17, 15) is 9.59 Å². The average molecular weight is 342 g/mol. The molecular formula is C20H26N2O3. The zero-order valence-corrected chi connectivity index (χ0v) is 15.4. The highest BCUT2D eigenvalue weighted by molar-refractivity contribution is 5.90. The van der Waals surface area contributed by atoms with Crippen LogP contribution in [0.1, 0.15) is 38.5 Å². The topological polar surface area (TPSA) is 53.8 Å². The molecule has 1 aromatic carbocycles. The third-order valence-corrected chi connectivity index (χ3v) is 5.01. The third-order valence-electron chi connectivity index (χ3n) is 5.01. The molecule has 0 saturated carbocycles. The first-order chi connectivity index (χ1) is 11.9. The Bertz CT molecular complexity index is 793. The molecule has 1 unspecified atom stereocenters.